The maximum atomic E-state index is 12.0. The van der Waals surface area contributed by atoms with Crippen LogP contribution in [-0.2, 0) is 9.53 Å². The van der Waals surface area contributed by atoms with Crippen molar-refractivity contribution in [1.82, 2.24) is 0 Å². The summed E-state index contributed by atoms with van der Waals surface area (Å²) in [7, 11) is 0. The number of fused-ring (bicyclic) bond motifs is 9. The second kappa shape index (κ2) is 5.07. The molecule has 6 aliphatic rings. The third-order valence-electron chi connectivity index (χ3n) is 9.52. The molecule has 3 unspecified atom stereocenters. The molecule has 0 amide bonds. The molecule has 0 aromatic rings. The summed E-state index contributed by atoms with van der Waals surface area (Å²) >= 11 is 0. The van der Waals surface area contributed by atoms with Crippen molar-refractivity contribution < 1.29 is 14.7 Å². The zero-order chi connectivity index (χ0) is 18.6. The van der Waals surface area contributed by atoms with Crippen molar-refractivity contribution in [1.29, 1.82) is 0 Å². The largest absolute Gasteiger partial charge is 0.451 e. The quantitative estimate of drug-likeness (QED) is 0.393. The molecule has 0 saturated heterocycles. The van der Waals surface area contributed by atoms with Gasteiger partial charge in [-0.25, -0.2) is 4.79 Å². The molecular weight excluding hydrogens is 338 g/mol. The number of ether oxygens (including phenoxy) is 1. The molecule has 9 atom stereocenters. The second-order valence-corrected chi connectivity index (χ2v) is 10.4. The predicted molar refractivity (Wildman–Crippen MR) is 101 cm³/mol. The van der Waals surface area contributed by atoms with Gasteiger partial charge >= 0.3 is 5.97 Å². The molecule has 0 radical (unpaired) electrons. The molecule has 4 heteroatoms. The minimum absolute atomic E-state index is 0.103. The first-order chi connectivity index (χ1) is 13.0. The number of esters is 1. The summed E-state index contributed by atoms with van der Waals surface area (Å²) in [5.74, 6) is 4.64. The molecule has 0 aromatic heterocycles. The molecular formula is C23H29NO3. The summed E-state index contributed by atoms with van der Waals surface area (Å²) in [4.78, 5) is 12.0. The van der Waals surface area contributed by atoms with Crippen LogP contribution in [0.3, 0.4) is 0 Å². The van der Waals surface area contributed by atoms with Gasteiger partial charge < -0.3 is 9.94 Å². The highest BCUT2D eigenvalue weighted by molar-refractivity contribution is 5.96. The van der Waals surface area contributed by atoms with Gasteiger partial charge in [-0.3, -0.25) is 0 Å². The van der Waals surface area contributed by atoms with E-state index in [1.54, 1.807) is 6.08 Å². The van der Waals surface area contributed by atoms with Gasteiger partial charge in [0, 0.05) is 17.4 Å². The topological polar surface area (TPSA) is 58.9 Å². The second-order valence-electron chi connectivity index (χ2n) is 10.4. The van der Waals surface area contributed by atoms with Crippen molar-refractivity contribution in [2.24, 2.45) is 52.0 Å². The average molecular weight is 367 g/mol. The van der Waals surface area contributed by atoms with Gasteiger partial charge in [0.2, 0.25) is 0 Å². The Kier molecular flexibility index (Phi) is 3.07. The monoisotopic (exact) mass is 367 g/mol. The Bertz CT molecular complexity index is 812. The summed E-state index contributed by atoms with van der Waals surface area (Å²) < 4.78 is 6.08. The van der Waals surface area contributed by atoms with Gasteiger partial charge in [-0.2, -0.15) is 0 Å². The molecule has 0 aromatic carbocycles. The first-order valence-corrected chi connectivity index (χ1v) is 10.8. The van der Waals surface area contributed by atoms with Crippen LogP contribution in [0.5, 0.6) is 0 Å². The number of oxime groups is 1. The van der Waals surface area contributed by atoms with E-state index in [4.69, 9.17) is 4.74 Å². The van der Waals surface area contributed by atoms with Crippen LogP contribution in [0.15, 0.2) is 29.0 Å². The Morgan fingerprint density at radius 2 is 2.15 bits per heavy atom. The molecule has 1 aliphatic heterocycles. The number of carbonyl (C=O) groups excluding carboxylic acids is 1. The van der Waals surface area contributed by atoms with Crippen LogP contribution in [0.25, 0.3) is 0 Å². The van der Waals surface area contributed by atoms with E-state index in [-0.39, 0.29) is 17.0 Å². The van der Waals surface area contributed by atoms with Gasteiger partial charge in [-0.1, -0.05) is 24.6 Å². The minimum atomic E-state index is -0.316. The van der Waals surface area contributed by atoms with Gasteiger partial charge in [0.25, 0.3) is 0 Å². The molecule has 1 heterocycles. The highest BCUT2D eigenvalue weighted by Gasteiger charge is 2.78. The Labute approximate surface area is 160 Å². The smallest absolute Gasteiger partial charge is 0.331 e. The van der Waals surface area contributed by atoms with Gasteiger partial charge in [-0.15, -0.1) is 0 Å². The Morgan fingerprint density at radius 3 is 2.89 bits per heavy atom. The third kappa shape index (κ3) is 1.85. The molecule has 0 bridgehead atoms. The highest BCUT2D eigenvalue weighted by Crippen LogP contribution is 2.78. The zero-order valence-corrected chi connectivity index (χ0v) is 16.2. The zero-order valence-electron chi connectivity index (χ0n) is 16.2. The summed E-state index contributed by atoms with van der Waals surface area (Å²) in [6, 6.07) is 0. The lowest BCUT2D eigenvalue weighted by Gasteiger charge is -2.58. The number of carbonyl (C=O) groups is 1. The standard InChI is InChI=1S/C23H29NO3/c1-12-9-13-10-14(24-26)3-4-15(13)16-5-7-22(2)21(20(12)16)17-11-18(17)23(22)8-6-19(25)27-23/h6,8,10,12,15-18,20-21,26H,3-5,7,9,11H2,1-2H3/b24-14-/t12-,15+,16?,17-,18+,20?,21?,22+,23+/m1/s1. The molecule has 4 fully saturated rings. The van der Waals surface area contributed by atoms with Crippen LogP contribution in [0.2, 0.25) is 0 Å². The van der Waals surface area contributed by atoms with Crippen molar-refractivity contribution in [2.45, 2.75) is 58.0 Å². The fourth-order valence-corrected chi connectivity index (χ4v) is 8.60. The van der Waals surface area contributed by atoms with Crippen LogP contribution >= 0.6 is 0 Å². The third-order valence-corrected chi connectivity index (χ3v) is 9.52. The summed E-state index contributed by atoms with van der Waals surface area (Å²) in [6.07, 6.45) is 12.8. The fraction of sp³-hybridized carbons (Fsp3) is 0.739. The summed E-state index contributed by atoms with van der Waals surface area (Å²) in [6.45, 7) is 4.86. The molecule has 27 heavy (non-hydrogen) atoms. The van der Waals surface area contributed by atoms with Crippen LogP contribution in [0, 0.1) is 46.8 Å². The lowest BCUT2D eigenvalue weighted by molar-refractivity contribution is -0.169. The van der Waals surface area contributed by atoms with E-state index < -0.39 is 0 Å². The average Bonchev–Trinajstić information content (AvgIpc) is 3.30. The number of hydrogen-bond acceptors (Lipinski definition) is 4. The highest BCUT2D eigenvalue weighted by atomic mass is 16.6. The van der Waals surface area contributed by atoms with E-state index in [1.165, 1.54) is 24.8 Å². The van der Waals surface area contributed by atoms with Gasteiger partial charge in [-0.05, 0) is 86.2 Å². The molecule has 4 nitrogen and oxygen atoms in total. The van der Waals surface area contributed by atoms with Crippen molar-refractivity contribution in [3.8, 4) is 0 Å². The molecule has 1 N–H and O–H groups in total. The molecule has 4 saturated carbocycles. The SMILES string of the molecule is C[C@@H]1CC2=C/C(=N\O)CC[C@@H]2C2CC[C@@]3(C)C(C21)[C@@H]1C[C@@H]1[C@@]31C=CC(=O)O1. The van der Waals surface area contributed by atoms with Crippen LogP contribution in [0.4, 0.5) is 0 Å². The van der Waals surface area contributed by atoms with Crippen LogP contribution in [-0.4, -0.2) is 22.5 Å². The van der Waals surface area contributed by atoms with Gasteiger partial charge in [0.15, 0.2) is 0 Å². The molecule has 144 valence electrons. The molecule has 6 rings (SSSR count). The van der Waals surface area contributed by atoms with Gasteiger partial charge in [0.05, 0.1) is 5.71 Å². The lowest BCUT2D eigenvalue weighted by atomic mass is 9.47. The first kappa shape index (κ1) is 16.4. The van der Waals surface area contributed by atoms with Crippen molar-refractivity contribution in [3.63, 3.8) is 0 Å². The Balaban J connectivity index is 1.39. The van der Waals surface area contributed by atoms with Crippen LogP contribution < -0.4 is 0 Å². The van der Waals surface area contributed by atoms with E-state index in [1.807, 2.05) is 0 Å². The molecule has 5 aliphatic carbocycles. The lowest BCUT2D eigenvalue weighted by Crippen LogP contribution is -2.56. The van der Waals surface area contributed by atoms with Crippen molar-refractivity contribution >= 4 is 11.7 Å². The van der Waals surface area contributed by atoms with E-state index in [0.717, 1.165) is 42.7 Å². The Morgan fingerprint density at radius 1 is 1.30 bits per heavy atom. The van der Waals surface area contributed by atoms with Gasteiger partial charge in [0.1, 0.15) is 5.60 Å². The maximum absolute atomic E-state index is 12.0. The Hall–Kier alpha value is -1.58. The molecule has 1 spiro atoms. The van der Waals surface area contributed by atoms with E-state index in [9.17, 15) is 10.0 Å². The number of hydrogen-bond donors (Lipinski definition) is 1. The maximum Gasteiger partial charge on any atom is 0.331 e. The van der Waals surface area contributed by atoms with Crippen molar-refractivity contribution in [2.75, 3.05) is 0 Å². The number of allylic oxidation sites excluding steroid dienone is 2. The first-order valence-electron chi connectivity index (χ1n) is 10.8. The minimum Gasteiger partial charge on any atom is -0.451 e. The fourth-order valence-electron chi connectivity index (χ4n) is 8.60. The number of rotatable bonds is 0. The van der Waals surface area contributed by atoms with E-state index in [0.29, 0.717) is 23.7 Å². The summed E-state index contributed by atoms with van der Waals surface area (Å²) in [5, 5.41) is 12.7. The van der Waals surface area contributed by atoms with Crippen LogP contribution in [0.1, 0.15) is 52.4 Å². The summed E-state index contributed by atoms with van der Waals surface area (Å²) in [5.41, 5.74) is 2.17. The van der Waals surface area contributed by atoms with E-state index >= 15 is 0 Å². The normalized spacial score (nSPS) is 56.2. The number of nitrogens with zero attached hydrogens (tertiary/aromatic N) is 1. The predicted octanol–water partition coefficient (Wildman–Crippen LogP) is 4.34. The van der Waals surface area contributed by atoms with E-state index in [2.05, 4.69) is 31.2 Å². The van der Waals surface area contributed by atoms with Crippen molar-refractivity contribution in [3.05, 3.63) is 23.8 Å².